The van der Waals surface area contributed by atoms with Gasteiger partial charge < -0.3 is 5.32 Å². The van der Waals surface area contributed by atoms with Crippen LogP contribution in [0.4, 0.5) is 5.82 Å². The van der Waals surface area contributed by atoms with E-state index in [9.17, 15) is 4.21 Å². The van der Waals surface area contributed by atoms with Crippen molar-refractivity contribution in [2.45, 2.75) is 19.1 Å². The van der Waals surface area contributed by atoms with Crippen LogP contribution in [-0.2, 0) is 10.8 Å². The topological polar surface area (TPSA) is 54.9 Å². The fraction of sp³-hybridized carbons (Fsp3) is 0.385. The van der Waals surface area contributed by atoms with Crippen molar-refractivity contribution in [3.8, 4) is 0 Å². The van der Waals surface area contributed by atoms with Crippen molar-refractivity contribution in [2.24, 2.45) is 0 Å². The zero-order chi connectivity index (χ0) is 13.1. The molecule has 1 heterocycles. The largest absolute Gasteiger partial charge is 0.367 e. The van der Waals surface area contributed by atoms with Gasteiger partial charge in [0.1, 0.15) is 0 Å². The fourth-order valence-electron chi connectivity index (χ4n) is 1.73. The lowest BCUT2D eigenvalue weighted by atomic mass is 10.1. The highest BCUT2D eigenvalue weighted by molar-refractivity contribution is 7.84. The zero-order valence-corrected chi connectivity index (χ0v) is 11.6. The third kappa shape index (κ3) is 2.67. The molecule has 96 valence electrons. The molecule has 0 aliphatic rings. The Morgan fingerprint density at radius 2 is 1.94 bits per heavy atom. The molecular weight excluding hydrogens is 246 g/mol. The minimum Gasteiger partial charge on any atom is -0.367 e. The van der Waals surface area contributed by atoms with E-state index in [1.54, 1.807) is 6.26 Å². The van der Waals surface area contributed by atoms with Gasteiger partial charge in [-0.1, -0.05) is 24.3 Å². The lowest BCUT2D eigenvalue weighted by molar-refractivity contribution is 0.678. The zero-order valence-electron chi connectivity index (χ0n) is 10.8. The second kappa shape index (κ2) is 5.44. The number of benzene rings is 1. The van der Waals surface area contributed by atoms with E-state index >= 15 is 0 Å². The summed E-state index contributed by atoms with van der Waals surface area (Å²) in [6.45, 7) is 4.53. The molecule has 0 fully saturated rings. The SMILES string of the molecule is Cc1nnc(NCC(C)S(C)=O)c2ccccc12. The van der Waals surface area contributed by atoms with Gasteiger partial charge in [0.25, 0.3) is 0 Å². The second-order valence-corrected chi connectivity index (χ2v) is 6.17. The van der Waals surface area contributed by atoms with Crippen molar-refractivity contribution in [3.05, 3.63) is 30.0 Å². The second-order valence-electron chi connectivity index (χ2n) is 4.37. The number of anilines is 1. The number of rotatable bonds is 4. The number of aryl methyl sites for hydroxylation is 1. The molecule has 0 spiro atoms. The monoisotopic (exact) mass is 263 g/mol. The van der Waals surface area contributed by atoms with Gasteiger partial charge in [0, 0.05) is 39.6 Å². The van der Waals surface area contributed by atoms with Gasteiger partial charge in [0.15, 0.2) is 5.82 Å². The molecule has 2 rings (SSSR count). The Hall–Kier alpha value is -1.49. The summed E-state index contributed by atoms with van der Waals surface area (Å²) in [5.41, 5.74) is 0.920. The molecule has 1 aromatic heterocycles. The van der Waals surface area contributed by atoms with E-state index in [0.717, 1.165) is 22.3 Å². The number of fused-ring (bicyclic) bond motifs is 1. The molecule has 1 aromatic carbocycles. The molecule has 0 aliphatic heterocycles. The van der Waals surface area contributed by atoms with Crippen LogP contribution in [0.25, 0.3) is 10.8 Å². The number of hydrogen-bond acceptors (Lipinski definition) is 4. The number of nitrogens with one attached hydrogen (secondary N) is 1. The minimum absolute atomic E-state index is 0.0897. The van der Waals surface area contributed by atoms with Gasteiger partial charge in [-0.2, -0.15) is 5.10 Å². The van der Waals surface area contributed by atoms with Crippen LogP contribution in [-0.4, -0.2) is 32.5 Å². The van der Waals surface area contributed by atoms with Crippen molar-refractivity contribution in [3.63, 3.8) is 0 Å². The molecule has 2 unspecified atom stereocenters. The van der Waals surface area contributed by atoms with Gasteiger partial charge in [0.2, 0.25) is 0 Å². The first-order valence-electron chi connectivity index (χ1n) is 5.87. The maximum absolute atomic E-state index is 11.3. The summed E-state index contributed by atoms with van der Waals surface area (Å²) >= 11 is 0. The normalized spacial score (nSPS) is 14.4. The predicted molar refractivity (Wildman–Crippen MR) is 76.3 cm³/mol. The van der Waals surface area contributed by atoms with Crippen molar-refractivity contribution in [1.82, 2.24) is 10.2 Å². The van der Waals surface area contributed by atoms with Gasteiger partial charge >= 0.3 is 0 Å². The van der Waals surface area contributed by atoms with E-state index in [0.29, 0.717) is 6.54 Å². The Morgan fingerprint density at radius 3 is 2.61 bits per heavy atom. The first-order chi connectivity index (χ1) is 8.59. The molecule has 0 saturated carbocycles. The minimum atomic E-state index is -0.833. The van der Waals surface area contributed by atoms with E-state index in [1.165, 1.54) is 0 Å². The number of nitrogens with zero attached hydrogens (tertiary/aromatic N) is 2. The molecule has 5 heteroatoms. The van der Waals surface area contributed by atoms with Gasteiger partial charge in [0.05, 0.1) is 5.69 Å². The Morgan fingerprint density at radius 1 is 1.28 bits per heavy atom. The molecule has 2 atom stereocenters. The lowest BCUT2D eigenvalue weighted by Gasteiger charge is -2.12. The van der Waals surface area contributed by atoms with Gasteiger partial charge in [-0.05, 0) is 13.8 Å². The Labute approximate surface area is 109 Å². The van der Waals surface area contributed by atoms with E-state index in [2.05, 4.69) is 15.5 Å². The number of hydrogen-bond donors (Lipinski definition) is 1. The van der Waals surface area contributed by atoms with Crippen LogP contribution in [0.3, 0.4) is 0 Å². The van der Waals surface area contributed by atoms with Crippen LogP contribution >= 0.6 is 0 Å². The summed E-state index contributed by atoms with van der Waals surface area (Å²) in [4.78, 5) is 0. The van der Waals surface area contributed by atoms with Crippen LogP contribution in [0.2, 0.25) is 0 Å². The predicted octanol–water partition coefficient (Wildman–Crippen LogP) is 2.12. The molecule has 0 radical (unpaired) electrons. The standard InChI is InChI=1S/C13H17N3OS/c1-9(18(3)17)8-14-13-12-7-5-4-6-11(12)10(2)15-16-13/h4-7,9H,8H2,1-3H3,(H,14,16). The van der Waals surface area contributed by atoms with Crippen LogP contribution in [0.5, 0.6) is 0 Å². The third-order valence-corrected chi connectivity index (χ3v) is 4.30. The first-order valence-corrected chi connectivity index (χ1v) is 7.50. The highest BCUT2D eigenvalue weighted by Gasteiger charge is 2.09. The Kier molecular flexibility index (Phi) is 3.91. The van der Waals surface area contributed by atoms with Crippen LogP contribution in [0.1, 0.15) is 12.6 Å². The van der Waals surface area contributed by atoms with Crippen molar-refractivity contribution >= 4 is 27.4 Å². The number of aromatic nitrogens is 2. The van der Waals surface area contributed by atoms with Crippen LogP contribution in [0.15, 0.2) is 24.3 Å². The Balaban J connectivity index is 2.29. The van der Waals surface area contributed by atoms with Crippen LogP contribution < -0.4 is 5.32 Å². The first kappa shape index (κ1) is 13.0. The molecule has 0 aliphatic carbocycles. The summed E-state index contributed by atoms with van der Waals surface area (Å²) < 4.78 is 11.3. The van der Waals surface area contributed by atoms with Gasteiger partial charge in [-0.15, -0.1) is 5.10 Å². The maximum atomic E-state index is 11.3. The van der Waals surface area contributed by atoms with Crippen molar-refractivity contribution < 1.29 is 4.21 Å². The van der Waals surface area contributed by atoms with E-state index < -0.39 is 10.8 Å². The quantitative estimate of drug-likeness (QED) is 0.918. The lowest BCUT2D eigenvalue weighted by Crippen LogP contribution is -2.21. The summed E-state index contributed by atoms with van der Waals surface area (Å²) in [5, 5.41) is 13.8. The average Bonchev–Trinajstić information content (AvgIpc) is 2.38. The molecule has 4 nitrogen and oxygen atoms in total. The van der Waals surface area contributed by atoms with Gasteiger partial charge in [-0.25, -0.2) is 0 Å². The summed E-state index contributed by atoms with van der Waals surface area (Å²) in [5.74, 6) is 0.758. The average molecular weight is 263 g/mol. The highest BCUT2D eigenvalue weighted by atomic mass is 32.2. The molecule has 1 N–H and O–H groups in total. The third-order valence-electron chi connectivity index (χ3n) is 3.00. The molecule has 0 amide bonds. The molecular formula is C13H17N3OS. The highest BCUT2D eigenvalue weighted by Crippen LogP contribution is 2.22. The van der Waals surface area contributed by atoms with Crippen molar-refractivity contribution in [1.29, 1.82) is 0 Å². The summed E-state index contributed by atoms with van der Waals surface area (Å²) in [6.07, 6.45) is 1.71. The summed E-state index contributed by atoms with van der Waals surface area (Å²) in [7, 11) is -0.833. The fourth-order valence-corrected chi connectivity index (χ4v) is 2.04. The van der Waals surface area contributed by atoms with Gasteiger partial charge in [-0.3, -0.25) is 4.21 Å². The Bertz CT molecular complexity index is 585. The molecule has 0 bridgehead atoms. The smallest absolute Gasteiger partial charge is 0.156 e. The van der Waals surface area contributed by atoms with Crippen LogP contribution in [0, 0.1) is 6.92 Å². The molecule has 2 aromatic rings. The van der Waals surface area contributed by atoms with E-state index in [4.69, 9.17) is 0 Å². The van der Waals surface area contributed by atoms with E-state index in [1.807, 2.05) is 38.1 Å². The molecule has 18 heavy (non-hydrogen) atoms. The van der Waals surface area contributed by atoms with Crippen molar-refractivity contribution in [2.75, 3.05) is 18.1 Å². The summed E-state index contributed by atoms with van der Waals surface area (Å²) in [6, 6.07) is 8.03. The van der Waals surface area contributed by atoms with E-state index in [-0.39, 0.29) is 5.25 Å². The molecule has 0 saturated heterocycles. The maximum Gasteiger partial charge on any atom is 0.156 e.